The maximum atomic E-state index is 10.5. The zero-order valence-corrected chi connectivity index (χ0v) is 10.8. The van der Waals surface area contributed by atoms with Crippen LogP contribution < -0.4 is 5.84 Å². The number of thioether (sulfide) groups is 1. The minimum atomic E-state index is -0.921. The van der Waals surface area contributed by atoms with E-state index in [1.54, 1.807) is 0 Å². The summed E-state index contributed by atoms with van der Waals surface area (Å²) in [5.74, 6) is 5.34. The Bertz CT molecular complexity index is 634. The maximum Gasteiger partial charge on any atom is 0.313 e. The summed E-state index contributed by atoms with van der Waals surface area (Å²) in [6.07, 6.45) is 3.03. The van der Waals surface area contributed by atoms with Gasteiger partial charge in [0.25, 0.3) is 0 Å². The largest absolute Gasteiger partial charge is 0.481 e. The first-order chi connectivity index (χ1) is 9.16. The second kappa shape index (κ2) is 4.57. The Labute approximate surface area is 112 Å². The fourth-order valence-electron chi connectivity index (χ4n) is 2.17. The third-order valence-corrected chi connectivity index (χ3v) is 3.94. The molecule has 8 nitrogen and oxygen atoms in total. The van der Waals surface area contributed by atoms with Gasteiger partial charge in [0.2, 0.25) is 11.0 Å². The van der Waals surface area contributed by atoms with Crippen molar-refractivity contribution in [3.8, 4) is 11.5 Å². The molecule has 0 aliphatic heterocycles. The first-order valence-corrected chi connectivity index (χ1v) is 6.77. The Morgan fingerprint density at radius 3 is 3.11 bits per heavy atom. The van der Waals surface area contributed by atoms with Crippen molar-refractivity contribution >= 4 is 17.7 Å². The molecule has 4 N–H and O–H groups in total. The van der Waals surface area contributed by atoms with Gasteiger partial charge in [0.15, 0.2) is 0 Å². The lowest BCUT2D eigenvalue weighted by Gasteiger charge is -2.01. The second-order valence-electron chi connectivity index (χ2n) is 4.24. The molecule has 0 radical (unpaired) electrons. The normalized spacial score (nSPS) is 13.7. The average Bonchev–Trinajstić information content (AvgIpc) is 3.02. The van der Waals surface area contributed by atoms with Crippen molar-refractivity contribution in [1.29, 1.82) is 0 Å². The highest BCUT2D eigenvalue weighted by Crippen LogP contribution is 2.29. The van der Waals surface area contributed by atoms with E-state index < -0.39 is 5.97 Å². The van der Waals surface area contributed by atoms with Crippen LogP contribution in [0, 0.1) is 0 Å². The molecule has 0 saturated carbocycles. The Kier molecular flexibility index (Phi) is 2.90. The van der Waals surface area contributed by atoms with Gasteiger partial charge in [-0.1, -0.05) is 11.8 Å². The van der Waals surface area contributed by atoms with Crippen molar-refractivity contribution in [2.75, 3.05) is 11.6 Å². The summed E-state index contributed by atoms with van der Waals surface area (Å²) in [7, 11) is 0. The van der Waals surface area contributed by atoms with Gasteiger partial charge >= 0.3 is 5.97 Å². The highest BCUT2D eigenvalue weighted by atomic mass is 32.2. The molecule has 0 spiro atoms. The lowest BCUT2D eigenvalue weighted by atomic mass is 10.2. The molecular formula is C10H12N6O2S. The molecule has 1 aliphatic carbocycles. The predicted molar refractivity (Wildman–Crippen MR) is 68.1 cm³/mol. The SMILES string of the molecule is Nn1c(SCC(=O)O)nnc1-c1n[nH]c2c1CCC2. The van der Waals surface area contributed by atoms with Crippen LogP contribution in [0.1, 0.15) is 17.7 Å². The maximum absolute atomic E-state index is 10.5. The number of nitrogen functional groups attached to an aromatic ring is 1. The van der Waals surface area contributed by atoms with E-state index >= 15 is 0 Å². The first kappa shape index (κ1) is 12.0. The number of aromatic amines is 1. The summed E-state index contributed by atoms with van der Waals surface area (Å²) in [6.45, 7) is 0. The van der Waals surface area contributed by atoms with E-state index in [-0.39, 0.29) is 5.75 Å². The quantitative estimate of drug-likeness (QED) is 0.534. The summed E-state index contributed by atoms with van der Waals surface area (Å²) in [5.41, 5.74) is 2.97. The standard InChI is InChI=1S/C10H12N6O2S/c11-16-9(14-15-10(16)19-4-7(17)18)8-5-2-1-3-6(5)12-13-8/h1-4,11H2,(H,12,13)(H,17,18). The number of nitrogens with two attached hydrogens (primary N) is 1. The summed E-state index contributed by atoms with van der Waals surface area (Å²) in [5, 5.41) is 24.1. The first-order valence-electron chi connectivity index (χ1n) is 5.78. The topological polar surface area (TPSA) is 123 Å². The fourth-order valence-corrected chi connectivity index (χ4v) is 2.74. The number of aliphatic carboxylic acids is 1. The van der Waals surface area contributed by atoms with Crippen LogP contribution in [-0.2, 0) is 17.6 Å². The van der Waals surface area contributed by atoms with E-state index in [1.807, 2.05) is 0 Å². The molecule has 1 aliphatic rings. The molecule has 0 aromatic carbocycles. The van der Waals surface area contributed by atoms with E-state index in [0.717, 1.165) is 42.3 Å². The van der Waals surface area contributed by atoms with Crippen molar-refractivity contribution in [2.45, 2.75) is 24.4 Å². The van der Waals surface area contributed by atoms with Crippen LogP contribution in [0.5, 0.6) is 0 Å². The number of aryl methyl sites for hydroxylation is 1. The third-order valence-electron chi connectivity index (χ3n) is 3.01. The van der Waals surface area contributed by atoms with Gasteiger partial charge in [0.05, 0.1) is 5.75 Å². The Morgan fingerprint density at radius 1 is 1.47 bits per heavy atom. The Hall–Kier alpha value is -2.03. The van der Waals surface area contributed by atoms with Crippen LogP contribution in [0.4, 0.5) is 0 Å². The smallest absolute Gasteiger partial charge is 0.313 e. The minimum absolute atomic E-state index is 0.103. The lowest BCUT2D eigenvalue weighted by Crippen LogP contribution is -2.13. The van der Waals surface area contributed by atoms with Crippen LogP contribution in [0.15, 0.2) is 5.16 Å². The monoisotopic (exact) mass is 280 g/mol. The number of fused-ring (bicyclic) bond motifs is 1. The molecule has 0 unspecified atom stereocenters. The van der Waals surface area contributed by atoms with Gasteiger partial charge in [-0.2, -0.15) is 5.10 Å². The molecule has 2 aromatic heterocycles. The van der Waals surface area contributed by atoms with Crippen LogP contribution in [-0.4, -0.2) is 41.9 Å². The van der Waals surface area contributed by atoms with E-state index in [9.17, 15) is 4.79 Å². The van der Waals surface area contributed by atoms with Gasteiger partial charge in [-0.25, -0.2) is 4.68 Å². The molecule has 100 valence electrons. The molecule has 9 heteroatoms. The summed E-state index contributed by atoms with van der Waals surface area (Å²) >= 11 is 1.03. The molecule has 2 heterocycles. The molecule has 0 fully saturated rings. The third kappa shape index (κ3) is 2.05. The number of aromatic nitrogens is 5. The van der Waals surface area contributed by atoms with Gasteiger partial charge in [0, 0.05) is 11.3 Å². The number of hydrogen-bond acceptors (Lipinski definition) is 6. The zero-order chi connectivity index (χ0) is 13.4. The Balaban J connectivity index is 1.91. The minimum Gasteiger partial charge on any atom is -0.481 e. The molecule has 0 bridgehead atoms. The van der Waals surface area contributed by atoms with Gasteiger partial charge in [-0.15, -0.1) is 10.2 Å². The number of H-pyrrole nitrogens is 1. The van der Waals surface area contributed by atoms with Gasteiger partial charge in [-0.3, -0.25) is 9.89 Å². The predicted octanol–water partition coefficient (Wildman–Crippen LogP) is 0.0474. The Morgan fingerprint density at radius 2 is 2.32 bits per heavy atom. The van der Waals surface area contributed by atoms with E-state index in [0.29, 0.717) is 16.7 Å². The number of nitrogens with one attached hydrogen (secondary N) is 1. The number of rotatable bonds is 4. The lowest BCUT2D eigenvalue weighted by molar-refractivity contribution is -0.133. The van der Waals surface area contributed by atoms with Crippen molar-refractivity contribution in [1.82, 2.24) is 25.1 Å². The summed E-state index contributed by atoms with van der Waals surface area (Å²) in [4.78, 5) is 10.5. The van der Waals surface area contributed by atoms with Crippen molar-refractivity contribution in [3.05, 3.63) is 11.3 Å². The number of nitrogens with zero attached hydrogens (tertiary/aromatic N) is 4. The highest BCUT2D eigenvalue weighted by Gasteiger charge is 2.24. The van der Waals surface area contributed by atoms with Gasteiger partial charge < -0.3 is 10.9 Å². The molecule has 0 saturated heterocycles. The average molecular weight is 280 g/mol. The van der Waals surface area contributed by atoms with E-state index in [4.69, 9.17) is 10.9 Å². The van der Waals surface area contributed by atoms with Crippen LogP contribution in [0.2, 0.25) is 0 Å². The van der Waals surface area contributed by atoms with Crippen molar-refractivity contribution in [3.63, 3.8) is 0 Å². The number of carboxylic acids is 1. The number of carbonyl (C=O) groups is 1. The van der Waals surface area contributed by atoms with Crippen LogP contribution in [0.3, 0.4) is 0 Å². The molecule has 0 amide bonds. The highest BCUT2D eigenvalue weighted by molar-refractivity contribution is 7.99. The van der Waals surface area contributed by atoms with Crippen LogP contribution in [0.25, 0.3) is 11.5 Å². The fraction of sp³-hybridized carbons (Fsp3) is 0.400. The van der Waals surface area contributed by atoms with Crippen molar-refractivity contribution in [2.24, 2.45) is 0 Å². The summed E-state index contributed by atoms with van der Waals surface area (Å²) in [6, 6.07) is 0. The molecular weight excluding hydrogens is 268 g/mol. The molecule has 19 heavy (non-hydrogen) atoms. The number of carboxylic acid groups (broad SMARTS) is 1. The van der Waals surface area contributed by atoms with E-state index in [1.165, 1.54) is 4.68 Å². The molecule has 3 rings (SSSR count). The second-order valence-corrected chi connectivity index (χ2v) is 5.18. The van der Waals surface area contributed by atoms with E-state index in [2.05, 4.69) is 20.4 Å². The van der Waals surface area contributed by atoms with Crippen LogP contribution >= 0.6 is 11.8 Å². The van der Waals surface area contributed by atoms with Gasteiger partial charge in [-0.05, 0) is 19.3 Å². The van der Waals surface area contributed by atoms with Gasteiger partial charge in [0.1, 0.15) is 5.69 Å². The molecule has 2 aromatic rings. The zero-order valence-electron chi connectivity index (χ0n) is 9.96. The molecule has 0 atom stereocenters. The van der Waals surface area contributed by atoms with Crippen molar-refractivity contribution < 1.29 is 9.90 Å². The number of hydrogen-bond donors (Lipinski definition) is 3. The summed E-state index contributed by atoms with van der Waals surface area (Å²) < 4.78 is 1.29.